The summed E-state index contributed by atoms with van der Waals surface area (Å²) in [4.78, 5) is 23.0. The van der Waals surface area contributed by atoms with Crippen molar-refractivity contribution in [1.82, 2.24) is 0 Å². The van der Waals surface area contributed by atoms with E-state index in [4.69, 9.17) is 4.74 Å². The van der Waals surface area contributed by atoms with Crippen LogP contribution in [-0.4, -0.2) is 11.9 Å². The standard InChI is InChI=1S/C15H12BrNO3/c1-10(18)20-14-7-2-4-11(8-14)15(19)17-13-6-3-5-12(16)9-13/h2-9H,1H3,(H,17,19). The molecule has 0 bridgehead atoms. The van der Waals surface area contributed by atoms with E-state index in [1.165, 1.54) is 13.0 Å². The second-order valence-corrected chi connectivity index (χ2v) is 5.00. The number of rotatable bonds is 3. The predicted octanol–water partition coefficient (Wildman–Crippen LogP) is 3.63. The van der Waals surface area contributed by atoms with Gasteiger partial charge in [-0.25, -0.2) is 0 Å². The van der Waals surface area contributed by atoms with Gasteiger partial charge in [0.1, 0.15) is 5.75 Å². The van der Waals surface area contributed by atoms with Crippen molar-refractivity contribution in [3.63, 3.8) is 0 Å². The molecule has 0 fully saturated rings. The lowest BCUT2D eigenvalue weighted by Crippen LogP contribution is -2.12. The zero-order valence-corrected chi connectivity index (χ0v) is 12.3. The smallest absolute Gasteiger partial charge is 0.308 e. The van der Waals surface area contributed by atoms with E-state index >= 15 is 0 Å². The van der Waals surface area contributed by atoms with E-state index in [1.54, 1.807) is 30.3 Å². The minimum absolute atomic E-state index is 0.267. The van der Waals surface area contributed by atoms with Gasteiger partial charge in [0.25, 0.3) is 5.91 Å². The minimum Gasteiger partial charge on any atom is -0.427 e. The van der Waals surface area contributed by atoms with E-state index in [-0.39, 0.29) is 5.91 Å². The lowest BCUT2D eigenvalue weighted by molar-refractivity contribution is -0.131. The summed E-state index contributed by atoms with van der Waals surface area (Å²) in [5.74, 6) is -0.342. The van der Waals surface area contributed by atoms with Crippen molar-refractivity contribution in [2.45, 2.75) is 6.92 Å². The third-order valence-corrected chi connectivity index (χ3v) is 2.93. The van der Waals surface area contributed by atoms with Gasteiger partial charge >= 0.3 is 5.97 Å². The molecular formula is C15H12BrNO3. The molecule has 0 spiro atoms. The minimum atomic E-state index is -0.422. The van der Waals surface area contributed by atoms with Crippen LogP contribution in [0, 0.1) is 0 Å². The van der Waals surface area contributed by atoms with Crippen LogP contribution in [0.15, 0.2) is 53.0 Å². The number of anilines is 1. The van der Waals surface area contributed by atoms with Crippen molar-refractivity contribution in [2.24, 2.45) is 0 Å². The number of halogens is 1. The second kappa shape index (κ2) is 6.34. The number of ether oxygens (including phenoxy) is 1. The Hall–Kier alpha value is -2.14. The topological polar surface area (TPSA) is 55.4 Å². The number of benzene rings is 2. The highest BCUT2D eigenvalue weighted by Gasteiger charge is 2.08. The van der Waals surface area contributed by atoms with Crippen LogP contribution in [0.25, 0.3) is 0 Å². The largest absolute Gasteiger partial charge is 0.427 e. The highest BCUT2D eigenvalue weighted by Crippen LogP contribution is 2.18. The zero-order valence-electron chi connectivity index (χ0n) is 10.7. The first-order chi connectivity index (χ1) is 9.54. The summed E-state index contributed by atoms with van der Waals surface area (Å²) < 4.78 is 5.83. The van der Waals surface area contributed by atoms with Crippen molar-refractivity contribution in [2.75, 3.05) is 5.32 Å². The predicted molar refractivity (Wildman–Crippen MR) is 79.8 cm³/mol. The molecule has 0 aromatic heterocycles. The molecule has 20 heavy (non-hydrogen) atoms. The summed E-state index contributed by atoms with van der Waals surface area (Å²) in [6, 6.07) is 13.7. The van der Waals surface area contributed by atoms with E-state index in [2.05, 4.69) is 21.2 Å². The second-order valence-electron chi connectivity index (χ2n) is 4.09. The van der Waals surface area contributed by atoms with Crippen LogP contribution >= 0.6 is 15.9 Å². The maximum absolute atomic E-state index is 12.1. The fraction of sp³-hybridized carbons (Fsp3) is 0.0667. The van der Waals surface area contributed by atoms with Crippen LogP contribution in [0.2, 0.25) is 0 Å². The van der Waals surface area contributed by atoms with Crippen LogP contribution in [-0.2, 0) is 4.79 Å². The normalized spacial score (nSPS) is 9.90. The van der Waals surface area contributed by atoms with Gasteiger partial charge in [-0.3, -0.25) is 9.59 Å². The van der Waals surface area contributed by atoms with Gasteiger partial charge in [0.05, 0.1) is 0 Å². The summed E-state index contributed by atoms with van der Waals surface area (Å²) in [6.45, 7) is 1.31. The Labute approximate surface area is 124 Å². The molecule has 0 radical (unpaired) electrons. The molecule has 5 heteroatoms. The Bertz CT molecular complexity index is 655. The summed E-state index contributed by atoms with van der Waals surface area (Å²) in [7, 11) is 0. The van der Waals surface area contributed by atoms with Gasteiger partial charge in [-0.2, -0.15) is 0 Å². The molecular weight excluding hydrogens is 322 g/mol. The summed E-state index contributed by atoms with van der Waals surface area (Å²) in [5, 5.41) is 2.77. The number of hydrogen-bond donors (Lipinski definition) is 1. The van der Waals surface area contributed by atoms with E-state index in [9.17, 15) is 9.59 Å². The summed E-state index contributed by atoms with van der Waals surface area (Å²) in [6.07, 6.45) is 0. The van der Waals surface area contributed by atoms with Crippen molar-refractivity contribution in [3.05, 3.63) is 58.6 Å². The molecule has 2 aromatic carbocycles. The maximum atomic E-state index is 12.1. The first-order valence-electron chi connectivity index (χ1n) is 5.90. The van der Waals surface area contributed by atoms with Crippen LogP contribution in [0.5, 0.6) is 5.75 Å². The van der Waals surface area contributed by atoms with Crippen LogP contribution in [0.3, 0.4) is 0 Å². The molecule has 0 saturated carbocycles. The highest BCUT2D eigenvalue weighted by atomic mass is 79.9. The number of carbonyl (C=O) groups is 2. The summed E-state index contributed by atoms with van der Waals surface area (Å²) in [5.41, 5.74) is 1.10. The number of amides is 1. The molecule has 1 amide bonds. The Kier molecular flexibility index (Phi) is 4.53. The monoisotopic (exact) mass is 333 g/mol. The molecule has 0 saturated heterocycles. The van der Waals surface area contributed by atoms with Gasteiger partial charge in [0, 0.05) is 22.6 Å². The zero-order chi connectivity index (χ0) is 14.5. The SMILES string of the molecule is CC(=O)Oc1cccc(C(=O)Nc2cccc(Br)c2)c1. The molecule has 0 heterocycles. The number of hydrogen-bond acceptors (Lipinski definition) is 3. The van der Waals surface area contributed by atoms with E-state index < -0.39 is 5.97 Å². The maximum Gasteiger partial charge on any atom is 0.308 e. The molecule has 4 nitrogen and oxygen atoms in total. The lowest BCUT2D eigenvalue weighted by atomic mass is 10.2. The van der Waals surface area contributed by atoms with Crippen molar-refractivity contribution < 1.29 is 14.3 Å². The highest BCUT2D eigenvalue weighted by molar-refractivity contribution is 9.10. The average Bonchev–Trinajstić information content (AvgIpc) is 2.38. The van der Waals surface area contributed by atoms with Gasteiger partial charge in [-0.15, -0.1) is 0 Å². The van der Waals surface area contributed by atoms with E-state index in [0.29, 0.717) is 17.0 Å². The van der Waals surface area contributed by atoms with Crippen molar-refractivity contribution in [1.29, 1.82) is 0 Å². The Morgan fingerprint density at radius 3 is 2.55 bits per heavy atom. The van der Waals surface area contributed by atoms with Gasteiger partial charge in [-0.05, 0) is 36.4 Å². The first kappa shape index (κ1) is 14.3. The Balaban J connectivity index is 2.15. The third kappa shape index (κ3) is 3.93. The summed E-state index contributed by atoms with van der Waals surface area (Å²) >= 11 is 3.34. The van der Waals surface area contributed by atoms with Crippen LogP contribution < -0.4 is 10.1 Å². The fourth-order valence-electron chi connectivity index (χ4n) is 1.64. The number of carbonyl (C=O) groups excluding carboxylic acids is 2. The molecule has 0 aliphatic heterocycles. The van der Waals surface area contributed by atoms with Gasteiger partial charge in [0.2, 0.25) is 0 Å². The molecule has 102 valence electrons. The molecule has 2 rings (SSSR count). The van der Waals surface area contributed by atoms with E-state index in [0.717, 1.165) is 4.47 Å². The molecule has 1 N–H and O–H groups in total. The molecule has 0 aliphatic rings. The van der Waals surface area contributed by atoms with Crippen molar-refractivity contribution in [3.8, 4) is 5.75 Å². The molecule has 0 atom stereocenters. The van der Waals surface area contributed by atoms with Gasteiger partial charge < -0.3 is 10.1 Å². The van der Waals surface area contributed by atoms with Crippen molar-refractivity contribution >= 4 is 33.5 Å². The fourth-order valence-corrected chi connectivity index (χ4v) is 2.04. The molecule has 0 unspecified atom stereocenters. The van der Waals surface area contributed by atoms with E-state index in [1.807, 2.05) is 12.1 Å². The van der Waals surface area contributed by atoms with Gasteiger partial charge in [-0.1, -0.05) is 28.1 Å². The van der Waals surface area contributed by atoms with Crippen LogP contribution in [0.1, 0.15) is 17.3 Å². The van der Waals surface area contributed by atoms with Crippen LogP contribution in [0.4, 0.5) is 5.69 Å². The quantitative estimate of drug-likeness (QED) is 0.689. The Morgan fingerprint density at radius 1 is 1.10 bits per heavy atom. The molecule has 2 aromatic rings. The first-order valence-corrected chi connectivity index (χ1v) is 6.69. The number of nitrogens with one attached hydrogen (secondary N) is 1. The Morgan fingerprint density at radius 2 is 1.85 bits per heavy atom. The third-order valence-electron chi connectivity index (χ3n) is 2.44. The number of esters is 1. The average molecular weight is 334 g/mol. The van der Waals surface area contributed by atoms with Gasteiger partial charge in [0.15, 0.2) is 0 Å². The lowest BCUT2D eigenvalue weighted by Gasteiger charge is -2.07. The molecule has 0 aliphatic carbocycles.